The van der Waals surface area contributed by atoms with Crippen LogP contribution in [0.4, 0.5) is 0 Å². The molecule has 0 aromatic heterocycles. The number of ether oxygens (including phenoxy) is 1. The monoisotopic (exact) mass is 293 g/mol. The Hall–Kier alpha value is -0.840. The number of hydrogen-bond donors (Lipinski definition) is 2. The van der Waals surface area contributed by atoms with Gasteiger partial charge in [0, 0.05) is 23.3 Å². The van der Waals surface area contributed by atoms with Gasteiger partial charge in [0.25, 0.3) is 0 Å². The third-order valence-electron chi connectivity index (χ3n) is 3.88. The molecule has 1 atom stereocenters. The average Bonchev–Trinajstić information content (AvgIpc) is 2.53. The molecule has 1 saturated carbocycles. The fourth-order valence-electron chi connectivity index (χ4n) is 2.64. The van der Waals surface area contributed by atoms with Gasteiger partial charge in [0.15, 0.2) is 5.78 Å². The Morgan fingerprint density at radius 1 is 1.25 bits per heavy atom. The first kappa shape index (κ1) is 15.5. The largest absolute Gasteiger partial charge is 0.377 e. The highest BCUT2D eigenvalue weighted by Crippen LogP contribution is 2.29. The molecule has 1 unspecified atom stereocenters. The zero-order chi connectivity index (χ0) is 14.4. The lowest BCUT2D eigenvalue weighted by Crippen LogP contribution is -2.33. The van der Waals surface area contributed by atoms with E-state index in [0.29, 0.717) is 12.4 Å². The second-order valence-corrected chi connectivity index (χ2v) is 5.85. The highest BCUT2D eigenvalue weighted by molar-refractivity contribution is 7.80. The van der Waals surface area contributed by atoms with Gasteiger partial charge in [-0.15, -0.1) is 0 Å². The molecule has 0 amide bonds. The third kappa shape index (κ3) is 4.33. The Kier molecular flexibility index (Phi) is 6.07. The molecule has 1 aliphatic rings. The Morgan fingerprint density at radius 2 is 1.90 bits per heavy atom. The molecule has 2 rings (SSSR count). The Labute approximate surface area is 126 Å². The maximum Gasteiger partial charge on any atom is 0.165 e. The predicted octanol–water partition coefficient (Wildman–Crippen LogP) is 2.70. The molecule has 0 spiro atoms. The molecule has 3 nitrogen and oxygen atoms in total. The molecule has 20 heavy (non-hydrogen) atoms. The Bertz CT molecular complexity index is 416. The molecular weight excluding hydrogens is 270 g/mol. The van der Waals surface area contributed by atoms with Crippen molar-refractivity contribution in [3.63, 3.8) is 0 Å². The van der Waals surface area contributed by atoms with Crippen LogP contribution in [0.15, 0.2) is 30.3 Å². The van der Waals surface area contributed by atoms with Crippen molar-refractivity contribution in [2.45, 2.75) is 37.8 Å². The SMILES string of the molecule is NC(CS)COC1CCC(C(=O)c2ccccc2)CC1. The first-order valence-corrected chi connectivity index (χ1v) is 7.91. The van der Waals surface area contributed by atoms with Crippen molar-refractivity contribution >= 4 is 18.4 Å². The highest BCUT2D eigenvalue weighted by Gasteiger charge is 2.27. The standard InChI is InChI=1S/C16H23NO2S/c17-14(11-20)10-19-15-8-6-13(7-9-15)16(18)12-4-2-1-3-5-12/h1-5,13-15,20H,6-11,17H2. The van der Waals surface area contributed by atoms with Crippen molar-refractivity contribution in [1.82, 2.24) is 0 Å². The van der Waals surface area contributed by atoms with E-state index in [9.17, 15) is 4.79 Å². The van der Waals surface area contributed by atoms with Crippen molar-refractivity contribution in [1.29, 1.82) is 0 Å². The zero-order valence-electron chi connectivity index (χ0n) is 11.7. The van der Waals surface area contributed by atoms with E-state index in [-0.39, 0.29) is 23.8 Å². The van der Waals surface area contributed by atoms with Crippen molar-refractivity contribution in [2.75, 3.05) is 12.4 Å². The first-order chi connectivity index (χ1) is 9.70. The molecule has 1 aliphatic carbocycles. The van der Waals surface area contributed by atoms with Gasteiger partial charge in [0.2, 0.25) is 0 Å². The molecule has 4 heteroatoms. The van der Waals surface area contributed by atoms with Crippen molar-refractivity contribution < 1.29 is 9.53 Å². The molecule has 0 bridgehead atoms. The number of nitrogens with two attached hydrogens (primary N) is 1. The predicted molar refractivity (Wildman–Crippen MR) is 84.3 cm³/mol. The van der Waals surface area contributed by atoms with Crippen LogP contribution in [0.2, 0.25) is 0 Å². The van der Waals surface area contributed by atoms with Crippen molar-refractivity contribution in [2.24, 2.45) is 11.7 Å². The van der Waals surface area contributed by atoms with E-state index in [4.69, 9.17) is 10.5 Å². The van der Waals surface area contributed by atoms with E-state index in [1.165, 1.54) is 0 Å². The lowest BCUT2D eigenvalue weighted by molar-refractivity contribution is 0.0144. The summed E-state index contributed by atoms with van der Waals surface area (Å²) in [4.78, 5) is 12.3. The van der Waals surface area contributed by atoms with Crippen molar-refractivity contribution in [3.8, 4) is 0 Å². The second-order valence-electron chi connectivity index (χ2n) is 5.48. The summed E-state index contributed by atoms with van der Waals surface area (Å²) >= 11 is 4.15. The fourth-order valence-corrected chi connectivity index (χ4v) is 2.75. The second kappa shape index (κ2) is 7.81. The van der Waals surface area contributed by atoms with Crippen LogP contribution in [-0.4, -0.2) is 30.3 Å². The van der Waals surface area contributed by atoms with Gasteiger partial charge in [0.1, 0.15) is 0 Å². The lowest BCUT2D eigenvalue weighted by atomic mass is 9.82. The van der Waals surface area contributed by atoms with Gasteiger partial charge in [-0.05, 0) is 25.7 Å². The summed E-state index contributed by atoms with van der Waals surface area (Å²) in [5.74, 6) is 1.06. The summed E-state index contributed by atoms with van der Waals surface area (Å²) in [6.07, 6.45) is 3.97. The quantitative estimate of drug-likeness (QED) is 0.626. The van der Waals surface area contributed by atoms with Gasteiger partial charge in [-0.25, -0.2) is 0 Å². The van der Waals surface area contributed by atoms with E-state index in [2.05, 4.69) is 12.6 Å². The van der Waals surface area contributed by atoms with E-state index < -0.39 is 0 Å². The van der Waals surface area contributed by atoms with Gasteiger partial charge in [-0.1, -0.05) is 30.3 Å². The third-order valence-corrected chi connectivity index (χ3v) is 4.35. The normalized spacial score (nSPS) is 24.3. The van der Waals surface area contributed by atoms with Crippen molar-refractivity contribution in [3.05, 3.63) is 35.9 Å². The van der Waals surface area contributed by atoms with Gasteiger partial charge in [-0.2, -0.15) is 12.6 Å². The van der Waals surface area contributed by atoms with E-state index in [1.54, 1.807) is 0 Å². The summed E-state index contributed by atoms with van der Waals surface area (Å²) in [5.41, 5.74) is 6.61. The molecule has 0 aliphatic heterocycles. The van der Waals surface area contributed by atoms with Crippen LogP contribution in [-0.2, 0) is 4.74 Å². The average molecular weight is 293 g/mol. The molecule has 110 valence electrons. The number of rotatable bonds is 6. The van der Waals surface area contributed by atoms with Crippen LogP contribution >= 0.6 is 12.6 Å². The molecular formula is C16H23NO2S. The minimum atomic E-state index is 0.00186. The number of Topliss-reactive ketones (excluding diaryl/α,β-unsaturated/α-hetero) is 1. The maximum atomic E-state index is 12.3. The minimum absolute atomic E-state index is 0.00186. The topological polar surface area (TPSA) is 52.3 Å². The van der Waals surface area contributed by atoms with Crippen LogP contribution in [0.25, 0.3) is 0 Å². The fraction of sp³-hybridized carbons (Fsp3) is 0.562. The van der Waals surface area contributed by atoms with Gasteiger partial charge in [0.05, 0.1) is 12.7 Å². The smallest absolute Gasteiger partial charge is 0.165 e. The first-order valence-electron chi connectivity index (χ1n) is 7.28. The van der Waals surface area contributed by atoms with Crippen LogP contribution in [0.5, 0.6) is 0 Å². The zero-order valence-corrected chi connectivity index (χ0v) is 12.6. The number of ketones is 1. The molecule has 0 heterocycles. The van der Waals surface area contributed by atoms with Gasteiger partial charge in [-0.3, -0.25) is 4.79 Å². The van der Waals surface area contributed by atoms with E-state index in [1.807, 2.05) is 30.3 Å². The molecule has 2 N–H and O–H groups in total. The van der Waals surface area contributed by atoms with Crippen LogP contribution in [0.1, 0.15) is 36.0 Å². The van der Waals surface area contributed by atoms with E-state index in [0.717, 1.165) is 31.2 Å². The Balaban J connectivity index is 1.78. The highest BCUT2D eigenvalue weighted by atomic mass is 32.1. The van der Waals surface area contributed by atoms with Gasteiger partial charge >= 0.3 is 0 Å². The summed E-state index contributed by atoms with van der Waals surface area (Å²) in [6.45, 7) is 0.561. The summed E-state index contributed by atoms with van der Waals surface area (Å²) < 4.78 is 5.78. The number of carbonyl (C=O) groups is 1. The summed E-state index contributed by atoms with van der Waals surface area (Å²) in [7, 11) is 0. The number of carbonyl (C=O) groups excluding carboxylic acids is 1. The number of hydrogen-bond acceptors (Lipinski definition) is 4. The molecule has 1 fully saturated rings. The van der Waals surface area contributed by atoms with Gasteiger partial charge < -0.3 is 10.5 Å². The number of benzene rings is 1. The van der Waals surface area contributed by atoms with E-state index >= 15 is 0 Å². The maximum absolute atomic E-state index is 12.3. The minimum Gasteiger partial charge on any atom is -0.377 e. The summed E-state index contributed by atoms with van der Waals surface area (Å²) in [5, 5.41) is 0. The lowest BCUT2D eigenvalue weighted by Gasteiger charge is -2.28. The number of thiol groups is 1. The van der Waals surface area contributed by atoms with Crippen LogP contribution in [0, 0.1) is 5.92 Å². The summed E-state index contributed by atoms with van der Waals surface area (Å²) in [6, 6.07) is 9.57. The molecule has 0 radical (unpaired) electrons. The molecule has 1 aromatic rings. The molecule has 1 aromatic carbocycles. The Morgan fingerprint density at radius 3 is 2.50 bits per heavy atom. The van der Waals surface area contributed by atoms with Crippen LogP contribution < -0.4 is 5.73 Å². The molecule has 0 saturated heterocycles. The van der Waals surface area contributed by atoms with Crippen LogP contribution in [0.3, 0.4) is 0 Å².